The van der Waals surface area contributed by atoms with Gasteiger partial charge in [-0.05, 0) is 37.3 Å². The third-order valence-corrected chi connectivity index (χ3v) is 2.41. The Hall–Kier alpha value is -0.0800. The standard InChI is InChI=1S/C11H23NO/c1-11(2,3)9-12-6-4-10-5-7-13-8-10/h10,12H,4-9H2,1-3H3. The molecule has 0 bridgehead atoms. The van der Waals surface area contributed by atoms with Crippen molar-refractivity contribution in [3.05, 3.63) is 0 Å². The van der Waals surface area contributed by atoms with Crippen LogP contribution in [0.15, 0.2) is 0 Å². The van der Waals surface area contributed by atoms with Crippen LogP contribution in [0.25, 0.3) is 0 Å². The Bertz CT molecular complexity index is 134. The average Bonchev–Trinajstić information content (AvgIpc) is 2.48. The molecule has 0 radical (unpaired) electrons. The first-order chi connectivity index (χ1) is 6.08. The molecule has 1 heterocycles. The van der Waals surface area contributed by atoms with E-state index in [2.05, 4.69) is 26.1 Å². The van der Waals surface area contributed by atoms with Crippen LogP contribution in [0.4, 0.5) is 0 Å². The quantitative estimate of drug-likeness (QED) is 0.677. The number of rotatable bonds is 4. The molecule has 1 unspecified atom stereocenters. The van der Waals surface area contributed by atoms with Crippen LogP contribution in [0.1, 0.15) is 33.6 Å². The van der Waals surface area contributed by atoms with Crippen LogP contribution in [0, 0.1) is 11.3 Å². The van der Waals surface area contributed by atoms with Crippen LogP contribution in [-0.2, 0) is 4.74 Å². The molecule has 1 aliphatic heterocycles. The van der Waals surface area contributed by atoms with Gasteiger partial charge in [0.25, 0.3) is 0 Å². The smallest absolute Gasteiger partial charge is 0.0495 e. The summed E-state index contributed by atoms with van der Waals surface area (Å²) in [6.45, 7) is 11.0. The molecule has 0 spiro atoms. The molecule has 78 valence electrons. The highest BCUT2D eigenvalue weighted by Crippen LogP contribution is 2.15. The van der Waals surface area contributed by atoms with Gasteiger partial charge in [-0.15, -0.1) is 0 Å². The van der Waals surface area contributed by atoms with E-state index in [1.165, 1.54) is 12.8 Å². The van der Waals surface area contributed by atoms with Gasteiger partial charge in [-0.2, -0.15) is 0 Å². The van der Waals surface area contributed by atoms with E-state index < -0.39 is 0 Å². The lowest BCUT2D eigenvalue weighted by Crippen LogP contribution is -2.28. The van der Waals surface area contributed by atoms with E-state index in [-0.39, 0.29) is 0 Å². The largest absolute Gasteiger partial charge is 0.381 e. The molecule has 0 saturated carbocycles. The van der Waals surface area contributed by atoms with Crippen molar-refractivity contribution in [1.82, 2.24) is 5.32 Å². The first-order valence-corrected chi connectivity index (χ1v) is 5.36. The zero-order chi connectivity index (χ0) is 9.73. The predicted octanol–water partition coefficient (Wildman–Crippen LogP) is 2.05. The molecule has 1 fully saturated rings. The minimum Gasteiger partial charge on any atom is -0.381 e. The van der Waals surface area contributed by atoms with E-state index in [0.29, 0.717) is 5.41 Å². The van der Waals surface area contributed by atoms with E-state index in [9.17, 15) is 0 Å². The fourth-order valence-electron chi connectivity index (χ4n) is 1.58. The molecule has 0 aliphatic carbocycles. The van der Waals surface area contributed by atoms with Crippen LogP contribution >= 0.6 is 0 Å². The second kappa shape index (κ2) is 4.97. The Morgan fingerprint density at radius 1 is 1.38 bits per heavy atom. The van der Waals surface area contributed by atoms with Gasteiger partial charge in [-0.3, -0.25) is 0 Å². The minimum absolute atomic E-state index is 0.409. The minimum atomic E-state index is 0.409. The Morgan fingerprint density at radius 2 is 2.15 bits per heavy atom. The van der Waals surface area contributed by atoms with Crippen LogP contribution in [0.3, 0.4) is 0 Å². The van der Waals surface area contributed by atoms with Crippen LogP contribution in [-0.4, -0.2) is 26.3 Å². The molecule has 2 nitrogen and oxygen atoms in total. The van der Waals surface area contributed by atoms with Crippen molar-refractivity contribution >= 4 is 0 Å². The Balaban J connectivity index is 1.94. The van der Waals surface area contributed by atoms with Crippen molar-refractivity contribution in [1.29, 1.82) is 0 Å². The fourth-order valence-corrected chi connectivity index (χ4v) is 1.58. The molecule has 0 aromatic heterocycles. The molecule has 2 heteroatoms. The number of ether oxygens (including phenoxy) is 1. The van der Waals surface area contributed by atoms with E-state index in [4.69, 9.17) is 4.74 Å². The molecule has 1 rings (SSSR count). The van der Waals surface area contributed by atoms with Gasteiger partial charge >= 0.3 is 0 Å². The van der Waals surface area contributed by atoms with E-state index in [0.717, 1.165) is 32.2 Å². The zero-order valence-corrected chi connectivity index (χ0v) is 9.23. The summed E-state index contributed by atoms with van der Waals surface area (Å²) in [4.78, 5) is 0. The first-order valence-electron chi connectivity index (χ1n) is 5.36. The predicted molar refractivity (Wildman–Crippen MR) is 55.9 cm³/mol. The van der Waals surface area contributed by atoms with Crippen molar-refractivity contribution in [2.45, 2.75) is 33.6 Å². The summed E-state index contributed by atoms with van der Waals surface area (Å²) < 4.78 is 5.33. The fraction of sp³-hybridized carbons (Fsp3) is 1.00. The maximum atomic E-state index is 5.33. The lowest BCUT2D eigenvalue weighted by molar-refractivity contribution is 0.184. The lowest BCUT2D eigenvalue weighted by Gasteiger charge is -2.19. The molecular formula is C11H23NO. The Kier molecular flexibility index (Phi) is 4.20. The third-order valence-electron chi connectivity index (χ3n) is 2.41. The average molecular weight is 185 g/mol. The van der Waals surface area contributed by atoms with E-state index >= 15 is 0 Å². The number of nitrogens with one attached hydrogen (secondary N) is 1. The maximum absolute atomic E-state index is 5.33. The molecular weight excluding hydrogens is 162 g/mol. The van der Waals surface area contributed by atoms with Gasteiger partial charge in [0, 0.05) is 13.2 Å². The molecule has 0 amide bonds. The molecule has 1 aliphatic rings. The topological polar surface area (TPSA) is 21.3 Å². The number of hydrogen-bond donors (Lipinski definition) is 1. The van der Waals surface area contributed by atoms with Crippen molar-refractivity contribution in [3.63, 3.8) is 0 Å². The second-order valence-electron chi connectivity index (χ2n) is 5.26. The highest BCUT2D eigenvalue weighted by molar-refractivity contribution is 4.68. The normalized spacial score (nSPS) is 23.8. The van der Waals surface area contributed by atoms with Gasteiger partial charge in [0.05, 0.1) is 0 Å². The summed E-state index contributed by atoms with van der Waals surface area (Å²) in [5.41, 5.74) is 0.409. The van der Waals surface area contributed by atoms with Gasteiger partial charge in [0.2, 0.25) is 0 Å². The molecule has 13 heavy (non-hydrogen) atoms. The van der Waals surface area contributed by atoms with Crippen LogP contribution in [0.2, 0.25) is 0 Å². The maximum Gasteiger partial charge on any atom is 0.0495 e. The van der Waals surface area contributed by atoms with Gasteiger partial charge in [0.15, 0.2) is 0 Å². The Morgan fingerprint density at radius 3 is 2.69 bits per heavy atom. The van der Waals surface area contributed by atoms with Gasteiger partial charge < -0.3 is 10.1 Å². The van der Waals surface area contributed by atoms with Crippen molar-refractivity contribution < 1.29 is 4.74 Å². The van der Waals surface area contributed by atoms with Crippen molar-refractivity contribution in [2.24, 2.45) is 11.3 Å². The van der Waals surface area contributed by atoms with Crippen molar-refractivity contribution in [2.75, 3.05) is 26.3 Å². The summed E-state index contributed by atoms with van der Waals surface area (Å²) in [6.07, 6.45) is 2.53. The molecule has 0 aromatic carbocycles. The lowest BCUT2D eigenvalue weighted by atomic mass is 9.97. The van der Waals surface area contributed by atoms with Crippen LogP contribution in [0.5, 0.6) is 0 Å². The van der Waals surface area contributed by atoms with Gasteiger partial charge in [-0.25, -0.2) is 0 Å². The molecule has 1 saturated heterocycles. The first kappa shape index (κ1) is 11.0. The monoisotopic (exact) mass is 185 g/mol. The Labute approximate surface area is 82.0 Å². The highest BCUT2D eigenvalue weighted by atomic mass is 16.5. The number of hydrogen-bond acceptors (Lipinski definition) is 2. The summed E-state index contributed by atoms with van der Waals surface area (Å²) in [6, 6.07) is 0. The summed E-state index contributed by atoms with van der Waals surface area (Å²) in [5, 5.41) is 3.50. The molecule has 0 aromatic rings. The van der Waals surface area contributed by atoms with E-state index in [1.807, 2.05) is 0 Å². The summed E-state index contributed by atoms with van der Waals surface area (Å²) in [5.74, 6) is 0.812. The zero-order valence-electron chi connectivity index (χ0n) is 9.23. The van der Waals surface area contributed by atoms with Crippen molar-refractivity contribution in [3.8, 4) is 0 Å². The third kappa shape index (κ3) is 5.27. The van der Waals surface area contributed by atoms with Crippen LogP contribution < -0.4 is 5.32 Å². The summed E-state index contributed by atoms with van der Waals surface area (Å²) >= 11 is 0. The van der Waals surface area contributed by atoms with Gasteiger partial charge in [0.1, 0.15) is 0 Å². The molecule has 1 N–H and O–H groups in total. The second-order valence-corrected chi connectivity index (χ2v) is 5.26. The SMILES string of the molecule is CC(C)(C)CNCCC1CCOC1. The summed E-state index contributed by atoms with van der Waals surface area (Å²) in [7, 11) is 0. The molecule has 1 atom stereocenters. The van der Waals surface area contributed by atoms with E-state index in [1.54, 1.807) is 0 Å². The van der Waals surface area contributed by atoms with Gasteiger partial charge in [-0.1, -0.05) is 20.8 Å². The highest BCUT2D eigenvalue weighted by Gasteiger charge is 2.15.